The Kier molecular flexibility index (Phi) is 8.60. The first kappa shape index (κ1) is 21.9. The Labute approximate surface area is 178 Å². The lowest BCUT2D eigenvalue weighted by Crippen LogP contribution is -2.77. The first-order chi connectivity index (χ1) is 14.4. The zero-order valence-corrected chi connectivity index (χ0v) is 18.6. The van der Waals surface area contributed by atoms with E-state index in [0.29, 0.717) is 0 Å². The van der Waals surface area contributed by atoms with E-state index in [-0.39, 0.29) is 5.79 Å². The van der Waals surface area contributed by atoms with Gasteiger partial charge in [0.2, 0.25) is 0 Å². The molecule has 4 aliphatic heterocycles. The molecule has 0 aromatic rings. The Morgan fingerprint density at radius 3 is 2.07 bits per heavy atom. The Morgan fingerprint density at radius 2 is 1.21 bits per heavy atom. The largest absolute Gasteiger partial charge is 0.271 e. The lowest BCUT2D eigenvalue weighted by molar-refractivity contribution is -0.284. The van der Waals surface area contributed by atoms with E-state index in [1.807, 2.05) is 0 Å². The minimum atomic E-state index is -0.0475. The third-order valence-corrected chi connectivity index (χ3v) is 7.37. The van der Waals surface area contributed by atoms with Gasteiger partial charge in [-0.1, -0.05) is 32.1 Å². The molecule has 4 aliphatic rings. The summed E-state index contributed by atoms with van der Waals surface area (Å²) in [7, 11) is 0. The molecule has 0 bridgehead atoms. The van der Waals surface area contributed by atoms with Gasteiger partial charge in [0.1, 0.15) is 0 Å². The molecule has 4 rings (SSSR count). The van der Waals surface area contributed by atoms with Gasteiger partial charge < -0.3 is 0 Å². The van der Waals surface area contributed by atoms with Crippen LogP contribution < -0.4 is 16.4 Å². The van der Waals surface area contributed by atoms with Gasteiger partial charge in [0, 0.05) is 45.8 Å². The highest BCUT2D eigenvalue weighted by Crippen LogP contribution is 2.36. The molecule has 0 amide bonds. The van der Waals surface area contributed by atoms with E-state index >= 15 is 0 Å². The lowest BCUT2D eigenvalue weighted by atomic mass is 10.0. The second-order valence-corrected chi connectivity index (χ2v) is 9.45. The molecule has 1 atom stereocenters. The van der Waals surface area contributed by atoms with Gasteiger partial charge in [-0.25, -0.2) is 10.4 Å². The summed E-state index contributed by atoms with van der Waals surface area (Å²) in [6.07, 6.45) is 18.5. The van der Waals surface area contributed by atoms with Crippen molar-refractivity contribution in [2.24, 2.45) is 0 Å². The molecular formula is C22H45N7. The van der Waals surface area contributed by atoms with Gasteiger partial charge >= 0.3 is 0 Å². The Bertz CT molecular complexity index is 430. The summed E-state index contributed by atoms with van der Waals surface area (Å²) in [5.74, 6) is -0.0475. The fourth-order valence-electron chi connectivity index (χ4n) is 5.82. The third-order valence-electron chi connectivity index (χ3n) is 7.37. The monoisotopic (exact) mass is 407 g/mol. The average Bonchev–Trinajstić information content (AvgIpc) is 3.25. The molecule has 0 aliphatic carbocycles. The van der Waals surface area contributed by atoms with Crippen molar-refractivity contribution in [3.05, 3.63) is 0 Å². The number of hydrazine groups is 4. The number of hydrogen-bond acceptors (Lipinski definition) is 7. The Hall–Kier alpha value is -0.280. The first-order valence-corrected chi connectivity index (χ1v) is 12.7. The van der Waals surface area contributed by atoms with Crippen molar-refractivity contribution in [2.75, 3.05) is 45.8 Å². The zero-order chi connectivity index (χ0) is 19.8. The molecular weight excluding hydrogens is 362 g/mol. The van der Waals surface area contributed by atoms with Gasteiger partial charge in [0.25, 0.3) is 0 Å². The maximum Gasteiger partial charge on any atom is 0.157 e. The topological polar surface area (TPSA) is 49.1 Å². The van der Waals surface area contributed by atoms with Gasteiger partial charge in [0.15, 0.2) is 5.79 Å². The van der Waals surface area contributed by atoms with E-state index in [4.69, 9.17) is 0 Å². The second-order valence-electron chi connectivity index (χ2n) is 9.45. The molecule has 4 heterocycles. The molecule has 0 spiro atoms. The fourth-order valence-corrected chi connectivity index (χ4v) is 5.82. The van der Waals surface area contributed by atoms with Gasteiger partial charge in [-0.3, -0.25) is 10.3 Å². The van der Waals surface area contributed by atoms with Crippen LogP contribution in [0.3, 0.4) is 0 Å². The predicted molar refractivity (Wildman–Crippen MR) is 118 cm³/mol. The highest BCUT2D eigenvalue weighted by molar-refractivity contribution is 4.91. The summed E-state index contributed by atoms with van der Waals surface area (Å²) in [6, 6.07) is 0. The van der Waals surface area contributed by atoms with Crippen LogP contribution in [0.2, 0.25) is 0 Å². The van der Waals surface area contributed by atoms with Crippen LogP contribution >= 0.6 is 0 Å². The van der Waals surface area contributed by atoms with Crippen LogP contribution in [0.15, 0.2) is 0 Å². The molecule has 0 aromatic heterocycles. The Balaban J connectivity index is 1.70. The molecule has 1 unspecified atom stereocenters. The third kappa shape index (κ3) is 5.32. The Morgan fingerprint density at radius 1 is 0.552 bits per heavy atom. The van der Waals surface area contributed by atoms with Crippen LogP contribution in [-0.4, -0.2) is 71.6 Å². The van der Waals surface area contributed by atoms with Gasteiger partial charge in [-0.05, 0) is 57.8 Å². The van der Waals surface area contributed by atoms with Crippen molar-refractivity contribution in [1.82, 2.24) is 36.4 Å². The van der Waals surface area contributed by atoms with Gasteiger partial charge in [-0.2, -0.15) is 15.7 Å². The number of rotatable bonds is 3. The number of nitrogens with one attached hydrogen (secondary N) is 3. The number of hydrogen-bond donors (Lipinski definition) is 3. The molecule has 3 N–H and O–H groups in total. The normalized spacial score (nSPS) is 33.9. The molecule has 0 saturated carbocycles. The number of likely N-dealkylation sites (tertiary alicyclic amines) is 1. The molecule has 7 nitrogen and oxygen atoms in total. The molecule has 0 aromatic carbocycles. The average molecular weight is 408 g/mol. The lowest BCUT2D eigenvalue weighted by Gasteiger charge is -2.59. The number of nitrogens with zero attached hydrogens (tertiary/aromatic N) is 4. The van der Waals surface area contributed by atoms with Crippen LogP contribution in [0.1, 0.15) is 89.9 Å². The van der Waals surface area contributed by atoms with Crippen molar-refractivity contribution in [1.29, 1.82) is 0 Å². The first-order valence-electron chi connectivity index (χ1n) is 12.7. The standard InChI is InChI=1S/C22H45N7/c1-2-12-20-28(29-21-13-8-15-23-25-29)22(14-6-1,26-17-9-3-4-10-18-26)27-19-11-5-7-16-24-27/h23-25H,1-21H2. The van der Waals surface area contributed by atoms with Gasteiger partial charge in [-0.15, -0.1) is 0 Å². The minimum Gasteiger partial charge on any atom is -0.271 e. The summed E-state index contributed by atoms with van der Waals surface area (Å²) in [6.45, 7) is 8.04. The maximum absolute atomic E-state index is 3.92. The van der Waals surface area contributed by atoms with E-state index in [2.05, 4.69) is 36.4 Å². The smallest absolute Gasteiger partial charge is 0.157 e. The maximum atomic E-state index is 3.92. The molecule has 29 heavy (non-hydrogen) atoms. The van der Waals surface area contributed by atoms with Crippen LogP contribution in [0.4, 0.5) is 0 Å². The van der Waals surface area contributed by atoms with Crippen LogP contribution in [0.25, 0.3) is 0 Å². The molecule has 0 radical (unpaired) electrons. The summed E-state index contributed by atoms with van der Waals surface area (Å²) in [4.78, 5) is 2.87. The second kappa shape index (κ2) is 11.4. The highest BCUT2D eigenvalue weighted by Gasteiger charge is 2.49. The molecule has 168 valence electrons. The van der Waals surface area contributed by atoms with Crippen LogP contribution in [0.5, 0.6) is 0 Å². The zero-order valence-electron chi connectivity index (χ0n) is 18.6. The van der Waals surface area contributed by atoms with Crippen molar-refractivity contribution < 1.29 is 0 Å². The summed E-state index contributed by atoms with van der Waals surface area (Å²) < 4.78 is 0. The van der Waals surface area contributed by atoms with Crippen molar-refractivity contribution in [2.45, 2.75) is 95.7 Å². The van der Waals surface area contributed by atoms with Crippen molar-refractivity contribution in [3.63, 3.8) is 0 Å². The van der Waals surface area contributed by atoms with Crippen molar-refractivity contribution >= 4 is 0 Å². The summed E-state index contributed by atoms with van der Waals surface area (Å²) in [5, 5.41) is 7.88. The highest BCUT2D eigenvalue weighted by atomic mass is 15.9. The SMILES string of the molecule is C1CCCN(C2(N3CCCCCN3)CCCCCCN2N2CCCCNN2)CC1. The molecule has 7 heteroatoms. The van der Waals surface area contributed by atoms with Gasteiger partial charge in [0.05, 0.1) is 0 Å². The van der Waals surface area contributed by atoms with E-state index in [9.17, 15) is 0 Å². The minimum absolute atomic E-state index is 0.0475. The van der Waals surface area contributed by atoms with Crippen molar-refractivity contribution in [3.8, 4) is 0 Å². The van der Waals surface area contributed by atoms with E-state index in [1.165, 1.54) is 103 Å². The molecule has 4 fully saturated rings. The molecule has 4 saturated heterocycles. The van der Waals surface area contributed by atoms with E-state index in [0.717, 1.165) is 32.7 Å². The summed E-state index contributed by atoms with van der Waals surface area (Å²) in [5.41, 5.74) is 11.0. The fraction of sp³-hybridized carbons (Fsp3) is 1.00. The van der Waals surface area contributed by atoms with Crippen LogP contribution in [-0.2, 0) is 0 Å². The summed E-state index contributed by atoms with van der Waals surface area (Å²) >= 11 is 0. The van der Waals surface area contributed by atoms with Crippen LogP contribution in [0, 0.1) is 0 Å². The quantitative estimate of drug-likeness (QED) is 0.665. The van der Waals surface area contributed by atoms with E-state index in [1.54, 1.807) is 0 Å². The van der Waals surface area contributed by atoms with E-state index < -0.39 is 0 Å². The predicted octanol–water partition coefficient (Wildman–Crippen LogP) is 2.79.